The van der Waals surface area contributed by atoms with E-state index in [-0.39, 0.29) is 23.6 Å². The van der Waals surface area contributed by atoms with Crippen LogP contribution < -0.4 is 20.4 Å². The number of carbonyl (C=O) groups excluding carboxylic acids is 2. The second-order valence-electron chi connectivity index (χ2n) is 11.2. The maximum Gasteiger partial charge on any atom is 0.327 e. The molecule has 4 heterocycles. The lowest BCUT2D eigenvalue weighted by Crippen LogP contribution is -2.46. The third-order valence-corrected chi connectivity index (χ3v) is 8.61. The van der Waals surface area contributed by atoms with E-state index >= 15 is 4.39 Å². The van der Waals surface area contributed by atoms with Gasteiger partial charge in [-0.1, -0.05) is 0 Å². The molecule has 1 aliphatic carbocycles. The molecule has 0 atom stereocenters. The molecule has 3 aliphatic rings. The molecule has 2 fully saturated rings. The van der Waals surface area contributed by atoms with Crippen molar-refractivity contribution in [2.24, 2.45) is 5.92 Å². The predicted octanol–water partition coefficient (Wildman–Crippen LogP) is 3.98. The van der Waals surface area contributed by atoms with Crippen molar-refractivity contribution in [2.75, 3.05) is 47.8 Å². The summed E-state index contributed by atoms with van der Waals surface area (Å²) in [5, 5.41) is 15.4. The average molecular weight is 572 g/mol. The summed E-state index contributed by atoms with van der Waals surface area (Å²) in [5.41, 5.74) is 3.39. The zero-order valence-electron chi connectivity index (χ0n) is 23.9. The summed E-state index contributed by atoms with van der Waals surface area (Å²) in [4.78, 5) is 44.5. The highest BCUT2D eigenvalue weighted by molar-refractivity contribution is 6.17. The highest BCUT2D eigenvalue weighted by Gasteiger charge is 2.31. The largest absolute Gasteiger partial charge is 0.368 e. The molecule has 0 radical (unpaired) electrons. The summed E-state index contributed by atoms with van der Waals surface area (Å²) in [7, 11) is 0. The molecular weight excluding hydrogens is 537 g/mol. The molecule has 3 amide bonds. The molecule has 1 saturated carbocycles. The van der Waals surface area contributed by atoms with Crippen LogP contribution in [0.1, 0.15) is 54.4 Å². The number of hydrogen-bond acceptors (Lipinski definition) is 8. The number of anilines is 3. The summed E-state index contributed by atoms with van der Waals surface area (Å²) in [6.07, 6.45) is 4.68. The van der Waals surface area contributed by atoms with Crippen molar-refractivity contribution in [3.63, 3.8) is 0 Å². The number of pyridine rings is 1. The standard InChI is InChI=1S/C30H34FN9O2/c1-3-40-28-25-23(33-17-34-28)14-20(26(31)27(25)37-30(40)42)16-38-10-12-39(13-11-38)24-9-8-22(35-18(24)2)29(41)36-21-6-4-19(15-32)5-7-21/h8-9,14,17,19,21H,3-7,10-13,16H2,1-2H3,(H,36,41)(H,37,42)/t19-,21+. The van der Waals surface area contributed by atoms with Crippen LogP contribution in [0.3, 0.4) is 0 Å². The number of carbonyl (C=O) groups is 2. The number of nitriles is 1. The maximum atomic E-state index is 15.7. The zero-order chi connectivity index (χ0) is 29.4. The number of nitrogens with one attached hydrogen (secondary N) is 2. The van der Waals surface area contributed by atoms with Crippen LogP contribution in [0.15, 0.2) is 24.5 Å². The van der Waals surface area contributed by atoms with E-state index in [0.29, 0.717) is 54.2 Å². The molecule has 2 aliphatic heterocycles. The van der Waals surface area contributed by atoms with Crippen LogP contribution in [0.2, 0.25) is 0 Å². The van der Waals surface area contributed by atoms with E-state index in [1.54, 1.807) is 12.1 Å². The maximum absolute atomic E-state index is 15.7. The van der Waals surface area contributed by atoms with Crippen molar-refractivity contribution in [1.29, 1.82) is 5.26 Å². The monoisotopic (exact) mass is 571 g/mol. The quantitative estimate of drug-likeness (QED) is 0.455. The molecule has 0 bridgehead atoms. The van der Waals surface area contributed by atoms with Gasteiger partial charge in [-0.15, -0.1) is 0 Å². The molecule has 42 heavy (non-hydrogen) atoms. The third kappa shape index (κ3) is 5.20. The van der Waals surface area contributed by atoms with Crippen LogP contribution in [0.4, 0.5) is 26.4 Å². The molecule has 1 saturated heterocycles. The highest BCUT2D eigenvalue weighted by Crippen LogP contribution is 2.38. The SMILES string of the molecule is CCN1C(=O)Nc2c(F)c(CN3CCN(c4ccc(C(=O)N[C@H]5CC[C@@H](C#N)CC5)nc4C)CC3)cc3ncnc1c23. The molecule has 0 unspecified atom stereocenters. The first-order valence-electron chi connectivity index (χ1n) is 14.6. The van der Waals surface area contributed by atoms with E-state index in [0.717, 1.165) is 50.2 Å². The lowest BCUT2D eigenvalue weighted by Gasteiger charge is -2.37. The summed E-state index contributed by atoms with van der Waals surface area (Å²) < 4.78 is 15.7. The number of benzene rings is 1. The lowest BCUT2D eigenvalue weighted by atomic mass is 9.87. The molecule has 0 spiro atoms. The zero-order valence-corrected chi connectivity index (χ0v) is 23.9. The van der Waals surface area contributed by atoms with Gasteiger partial charge in [-0.25, -0.2) is 24.1 Å². The minimum absolute atomic E-state index is 0.0834. The van der Waals surface area contributed by atoms with Crippen molar-refractivity contribution in [2.45, 2.75) is 52.1 Å². The van der Waals surface area contributed by atoms with Gasteiger partial charge >= 0.3 is 6.03 Å². The number of aryl methyl sites for hydroxylation is 1. The molecule has 11 nitrogen and oxygen atoms in total. The minimum atomic E-state index is -0.447. The van der Waals surface area contributed by atoms with E-state index in [1.807, 2.05) is 19.9 Å². The van der Waals surface area contributed by atoms with Gasteiger partial charge in [0.1, 0.15) is 17.8 Å². The minimum Gasteiger partial charge on any atom is -0.368 e. The fraction of sp³-hybridized carbons (Fsp3) is 0.467. The Morgan fingerprint density at radius 2 is 1.93 bits per heavy atom. The average Bonchev–Trinajstić information content (AvgIpc) is 3.00. The molecule has 12 heteroatoms. The Morgan fingerprint density at radius 3 is 2.62 bits per heavy atom. The van der Waals surface area contributed by atoms with Crippen LogP contribution in [-0.4, -0.2) is 70.6 Å². The number of hydrogen-bond donors (Lipinski definition) is 2. The van der Waals surface area contributed by atoms with Crippen molar-refractivity contribution in [1.82, 2.24) is 25.2 Å². The summed E-state index contributed by atoms with van der Waals surface area (Å²) >= 11 is 0. The van der Waals surface area contributed by atoms with Crippen LogP contribution >= 0.6 is 0 Å². The fourth-order valence-corrected chi connectivity index (χ4v) is 6.27. The molecule has 3 aromatic rings. The first kappa shape index (κ1) is 27.8. The van der Waals surface area contributed by atoms with Crippen molar-refractivity contribution in [3.05, 3.63) is 47.3 Å². The Balaban J connectivity index is 1.10. The van der Waals surface area contributed by atoms with Crippen molar-refractivity contribution < 1.29 is 14.0 Å². The number of amides is 3. The molecule has 218 valence electrons. The van der Waals surface area contributed by atoms with Gasteiger partial charge in [0, 0.05) is 56.8 Å². The number of nitrogens with zero attached hydrogens (tertiary/aromatic N) is 7. The summed E-state index contributed by atoms with van der Waals surface area (Å²) in [6, 6.07) is 7.48. The van der Waals surface area contributed by atoms with E-state index in [4.69, 9.17) is 5.26 Å². The van der Waals surface area contributed by atoms with Gasteiger partial charge < -0.3 is 15.5 Å². The van der Waals surface area contributed by atoms with Gasteiger partial charge in [0.2, 0.25) is 0 Å². The van der Waals surface area contributed by atoms with Gasteiger partial charge in [-0.05, 0) is 57.7 Å². The third-order valence-electron chi connectivity index (χ3n) is 8.61. The summed E-state index contributed by atoms with van der Waals surface area (Å²) in [5.74, 6) is -0.107. The predicted molar refractivity (Wildman–Crippen MR) is 157 cm³/mol. The Labute approximate surface area is 243 Å². The smallest absolute Gasteiger partial charge is 0.327 e. The number of piperazine rings is 1. The normalized spacial score (nSPS) is 20.8. The highest BCUT2D eigenvalue weighted by atomic mass is 19.1. The Kier molecular flexibility index (Phi) is 7.60. The number of aromatic nitrogens is 3. The molecule has 2 N–H and O–H groups in total. The van der Waals surface area contributed by atoms with E-state index in [1.165, 1.54) is 11.2 Å². The van der Waals surface area contributed by atoms with Gasteiger partial charge in [-0.2, -0.15) is 5.26 Å². The topological polar surface area (TPSA) is 130 Å². The fourth-order valence-electron chi connectivity index (χ4n) is 6.27. The second kappa shape index (κ2) is 11.5. The summed E-state index contributed by atoms with van der Waals surface area (Å²) in [6.45, 7) is 7.45. The molecule has 2 aromatic heterocycles. The van der Waals surface area contributed by atoms with Crippen molar-refractivity contribution in [3.8, 4) is 6.07 Å². The van der Waals surface area contributed by atoms with Crippen LogP contribution in [0.5, 0.6) is 0 Å². The van der Waals surface area contributed by atoms with E-state index < -0.39 is 11.8 Å². The van der Waals surface area contributed by atoms with Gasteiger partial charge in [-0.3, -0.25) is 14.6 Å². The number of urea groups is 1. The van der Waals surface area contributed by atoms with Gasteiger partial charge in [0.05, 0.1) is 34.0 Å². The Morgan fingerprint density at radius 1 is 1.17 bits per heavy atom. The van der Waals surface area contributed by atoms with Crippen LogP contribution in [0, 0.1) is 30.0 Å². The number of halogens is 1. The number of rotatable bonds is 6. The second-order valence-corrected chi connectivity index (χ2v) is 11.2. The van der Waals surface area contributed by atoms with Gasteiger partial charge in [0.25, 0.3) is 5.91 Å². The van der Waals surface area contributed by atoms with Crippen molar-refractivity contribution >= 4 is 40.0 Å². The lowest BCUT2D eigenvalue weighted by molar-refractivity contribution is 0.0919. The van der Waals surface area contributed by atoms with Gasteiger partial charge in [0.15, 0.2) is 5.82 Å². The Bertz CT molecular complexity index is 1570. The molecular formula is C30H34FN9O2. The first-order valence-corrected chi connectivity index (χ1v) is 14.6. The van der Waals surface area contributed by atoms with Crippen LogP contribution in [0.25, 0.3) is 10.9 Å². The van der Waals surface area contributed by atoms with E-state index in [2.05, 4.69) is 41.5 Å². The first-order chi connectivity index (χ1) is 20.4. The Hall–Kier alpha value is -4.37. The molecule has 1 aromatic carbocycles. The molecule has 6 rings (SSSR count). The van der Waals surface area contributed by atoms with Crippen LogP contribution in [-0.2, 0) is 6.54 Å². The van der Waals surface area contributed by atoms with E-state index in [9.17, 15) is 9.59 Å².